The van der Waals surface area contributed by atoms with Crippen molar-refractivity contribution in [2.45, 2.75) is 38.3 Å². The first-order valence-corrected chi connectivity index (χ1v) is 6.42. The molecule has 1 aliphatic heterocycles. The molecule has 1 aromatic carbocycles. The van der Waals surface area contributed by atoms with Gasteiger partial charge in [0.1, 0.15) is 0 Å². The molecule has 0 aromatic heterocycles. The number of aliphatic hydroxyl groups is 1. The number of benzene rings is 1. The van der Waals surface area contributed by atoms with Crippen LogP contribution >= 0.6 is 0 Å². The van der Waals surface area contributed by atoms with Gasteiger partial charge in [-0.3, -0.25) is 0 Å². The van der Waals surface area contributed by atoms with Crippen LogP contribution in [0.2, 0.25) is 0 Å². The lowest BCUT2D eigenvalue weighted by Gasteiger charge is -2.29. The fourth-order valence-corrected chi connectivity index (χ4v) is 2.66. The SMILES string of the molecule is O=C(O)N1CCCCCC1c1ccccc1CO. The lowest BCUT2D eigenvalue weighted by Crippen LogP contribution is -2.33. The van der Waals surface area contributed by atoms with Gasteiger partial charge in [-0.15, -0.1) is 0 Å². The molecule has 1 unspecified atom stereocenters. The van der Waals surface area contributed by atoms with Crippen molar-refractivity contribution in [3.8, 4) is 0 Å². The van der Waals surface area contributed by atoms with E-state index in [1.54, 1.807) is 0 Å². The number of aliphatic hydroxyl groups excluding tert-OH is 1. The first kappa shape index (κ1) is 12.9. The zero-order valence-electron chi connectivity index (χ0n) is 10.4. The number of hydrogen-bond donors (Lipinski definition) is 2. The maximum absolute atomic E-state index is 11.4. The van der Waals surface area contributed by atoms with Crippen LogP contribution in [0.4, 0.5) is 4.79 Å². The third-order valence-electron chi connectivity index (χ3n) is 3.58. The highest BCUT2D eigenvalue weighted by atomic mass is 16.4. The first-order valence-electron chi connectivity index (χ1n) is 6.42. The van der Waals surface area contributed by atoms with Gasteiger partial charge in [0.05, 0.1) is 12.6 Å². The first-order chi connectivity index (χ1) is 8.74. The third-order valence-corrected chi connectivity index (χ3v) is 3.58. The molecule has 18 heavy (non-hydrogen) atoms. The molecule has 2 rings (SSSR count). The highest BCUT2D eigenvalue weighted by Crippen LogP contribution is 2.32. The summed E-state index contributed by atoms with van der Waals surface area (Å²) in [6, 6.07) is 7.45. The number of rotatable bonds is 2. The Morgan fingerprint density at radius 2 is 2.06 bits per heavy atom. The monoisotopic (exact) mass is 249 g/mol. The van der Waals surface area contributed by atoms with Gasteiger partial charge in [0.25, 0.3) is 0 Å². The van der Waals surface area contributed by atoms with Crippen LogP contribution in [0.1, 0.15) is 42.9 Å². The summed E-state index contributed by atoms with van der Waals surface area (Å²) < 4.78 is 0. The number of carbonyl (C=O) groups is 1. The summed E-state index contributed by atoms with van der Waals surface area (Å²) in [7, 11) is 0. The maximum Gasteiger partial charge on any atom is 0.407 e. The van der Waals surface area contributed by atoms with Crippen LogP contribution in [0, 0.1) is 0 Å². The van der Waals surface area contributed by atoms with Crippen LogP contribution in [0.15, 0.2) is 24.3 Å². The quantitative estimate of drug-likeness (QED) is 0.847. The van der Waals surface area contributed by atoms with Crippen LogP contribution in [0.5, 0.6) is 0 Å². The summed E-state index contributed by atoms with van der Waals surface area (Å²) in [5.74, 6) is 0. The van der Waals surface area contributed by atoms with Gasteiger partial charge in [-0.25, -0.2) is 4.79 Å². The molecule has 1 atom stereocenters. The molecular formula is C14H19NO3. The van der Waals surface area contributed by atoms with Gasteiger partial charge >= 0.3 is 6.09 Å². The molecule has 4 nitrogen and oxygen atoms in total. The van der Waals surface area contributed by atoms with E-state index in [9.17, 15) is 15.0 Å². The molecule has 1 fully saturated rings. The predicted octanol–water partition coefficient (Wildman–Crippen LogP) is 2.77. The molecule has 98 valence electrons. The average molecular weight is 249 g/mol. The number of likely N-dealkylation sites (tertiary alicyclic amines) is 1. The van der Waals surface area contributed by atoms with Crippen molar-refractivity contribution in [1.29, 1.82) is 0 Å². The normalized spacial score (nSPS) is 20.5. The minimum atomic E-state index is -0.866. The third kappa shape index (κ3) is 2.64. The van der Waals surface area contributed by atoms with E-state index in [4.69, 9.17) is 0 Å². The summed E-state index contributed by atoms with van der Waals surface area (Å²) in [5.41, 5.74) is 1.78. The maximum atomic E-state index is 11.4. The molecule has 1 saturated heterocycles. The molecule has 1 aliphatic rings. The Morgan fingerprint density at radius 3 is 2.78 bits per heavy atom. The summed E-state index contributed by atoms with van der Waals surface area (Å²) in [6.07, 6.45) is 3.00. The van der Waals surface area contributed by atoms with Gasteiger partial charge in [0, 0.05) is 6.54 Å². The van der Waals surface area contributed by atoms with Crippen molar-refractivity contribution in [3.63, 3.8) is 0 Å². The minimum absolute atomic E-state index is 0.0415. The van der Waals surface area contributed by atoms with E-state index in [0.29, 0.717) is 6.54 Å². The second-order valence-electron chi connectivity index (χ2n) is 4.70. The largest absolute Gasteiger partial charge is 0.465 e. The Kier molecular flexibility index (Phi) is 4.20. The Bertz CT molecular complexity index is 419. The second-order valence-corrected chi connectivity index (χ2v) is 4.70. The van der Waals surface area contributed by atoms with Gasteiger partial charge in [-0.05, 0) is 24.0 Å². The van der Waals surface area contributed by atoms with Crippen molar-refractivity contribution < 1.29 is 15.0 Å². The van der Waals surface area contributed by atoms with Gasteiger partial charge in [-0.1, -0.05) is 37.1 Å². The van der Waals surface area contributed by atoms with E-state index in [-0.39, 0.29) is 12.6 Å². The molecule has 0 spiro atoms. The number of hydrogen-bond acceptors (Lipinski definition) is 2. The number of nitrogens with zero attached hydrogens (tertiary/aromatic N) is 1. The fourth-order valence-electron chi connectivity index (χ4n) is 2.66. The van der Waals surface area contributed by atoms with Crippen molar-refractivity contribution in [2.75, 3.05) is 6.54 Å². The zero-order valence-corrected chi connectivity index (χ0v) is 10.4. The van der Waals surface area contributed by atoms with Gasteiger partial charge in [0.15, 0.2) is 0 Å². The standard InChI is InChI=1S/C14H19NO3/c16-10-11-6-3-4-7-12(11)13-8-2-1-5-9-15(13)14(17)18/h3-4,6-7,13,16H,1-2,5,8-10H2,(H,17,18). The van der Waals surface area contributed by atoms with E-state index in [2.05, 4.69) is 0 Å². The molecule has 2 N–H and O–H groups in total. The van der Waals surface area contributed by atoms with Crippen molar-refractivity contribution in [1.82, 2.24) is 4.90 Å². The molecule has 0 saturated carbocycles. The molecule has 1 amide bonds. The number of carboxylic acid groups (broad SMARTS) is 1. The average Bonchev–Trinajstić information content (AvgIpc) is 2.64. The smallest absolute Gasteiger partial charge is 0.407 e. The highest BCUT2D eigenvalue weighted by Gasteiger charge is 2.27. The van der Waals surface area contributed by atoms with Crippen LogP contribution in [0.25, 0.3) is 0 Å². The van der Waals surface area contributed by atoms with Crippen LogP contribution in [-0.4, -0.2) is 27.8 Å². The van der Waals surface area contributed by atoms with E-state index in [1.165, 1.54) is 4.90 Å². The van der Waals surface area contributed by atoms with Crippen LogP contribution < -0.4 is 0 Å². The molecule has 0 aliphatic carbocycles. The Labute approximate surface area is 107 Å². The number of amides is 1. The molecule has 1 heterocycles. The topological polar surface area (TPSA) is 60.8 Å². The Balaban J connectivity index is 2.34. The van der Waals surface area contributed by atoms with E-state index in [1.807, 2.05) is 24.3 Å². The Hall–Kier alpha value is -1.55. The van der Waals surface area contributed by atoms with Crippen LogP contribution in [-0.2, 0) is 6.61 Å². The summed E-state index contributed by atoms with van der Waals surface area (Å²) in [5, 5.41) is 18.7. The summed E-state index contributed by atoms with van der Waals surface area (Å²) in [6.45, 7) is 0.542. The van der Waals surface area contributed by atoms with Crippen LogP contribution in [0.3, 0.4) is 0 Å². The van der Waals surface area contributed by atoms with Crippen molar-refractivity contribution in [3.05, 3.63) is 35.4 Å². The minimum Gasteiger partial charge on any atom is -0.465 e. The summed E-state index contributed by atoms with van der Waals surface area (Å²) in [4.78, 5) is 12.9. The molecule has 0 bridgehead atoms. The fraction of sp³-hybridized carbons (Fsp3) is 0.500. The van der Waals surface area contributed by atoms with Gasteiger partial charge < -0.3 is 15.1 Å². The molecule has 0 radical (unpaired) electrons. The highest BCUT2D eigenvalue weighted by molar-refractivity contribution is 5.66. The second kappa shape index (κ2) is 5.87. The molecular weight excluding hydrogens is 230 g/mol. The zero-order chi connectivity index (χ0) is 13.0. The van der Waals surface area contributed by atoms with Gasteiger partial charge in [-0.2, -0.15) is 0 Å². The Morgan fingerprint density at radius 1 is 1.28 bits per heavy atom. The van der Waals surface area contributed by atoms with E-state index < -0.39 is 6.09 Å². The predicted molar refractivity (Wildman–Crippen MR) is 68.3 cm³/mol. The van der Waals surface area contributed by atoms with Gasteiger partial charge in [0.2, 0.25) is 0 Å². The van der Waals surface area contributed by atoms with Crippen molar-refractivity contribution >= 4 is 6.09 Å². The van der Waals surface area contributed by atoms with E-state index >= 15 is 0 Å². The molecule has 1 aromatic rings. The van der Waals surface area contributed by atoms with E-state index in [0.717, 1.165) is 36.8 Å². The summed E-state index contributed by atoms with van der Waals surface area (Å²) >= 11 is 0. The van der Waals surface area contributed by atoms with Crippen molar-refractivity contribution in [2.24, 2.45) is 0 Å². The molecule has 4 heteroatoms. The lowest BCUT2D eigenvalue weighted by atomic mass is 9.96. The lowest BCUT2D eigenvalue weighted by molar-refractivity contribution is 0.124.